The Morgan fingerprint density at radius 1 is 1.35 bits per heavy atom. The Labute approximate surface area is 149 Å². The fourth-order valence-electron chi connectivity index (χ4n) is 3.09. The second-order valence-electron chi connectivity index (χ2n) is 6.30. The van der Waals surface area contributed by atoms with E-state index < -0.39 is 0 Å². The maximum absolute atomic E-state index is 12.7. The van der Waals surface area contributed by atoms with Gasteiger partial charge in [-0.1, -0.05) is 18.2 Å². The van der Waals surface area contributed by atoms with Gasteiger partial charge < -0.3 is 14.6 Å². The summed E-state index contributed by atoms with van der Waals surface area (Å²) in [5.41, 5.74) is 1.15. The highest BCUT2D eigenvalue weighted by molar-refractivity contribution is 6.03. The molecule has 1 amide bonds. The number of carbonyl (C=O) groups is 1. The SMILES string of the molecule is Cn1cnc2c(C(=O)NC[C@@H]3CCCO3)nn(-c3ccccc3)c2c1=O. The molecule has 0 aliphatic carbocycles. The lowest BCUT2D eigenvalue weighted by Crippen LogP contribution is -2.32. The highest BCUT2D eigenvalue weighted by Crippen LogP contribution is 2.18. The Hall–Kier alpha value is -3.00. The summed E-state index contributed by atoms with van der Waals surface area (Å²) in [6, 6.07) is 9.22. The maximum Gasteiger partial charge on any atom is 0.279 e. The van der Waals surface area contributed by atoms with Crippen molar-refractivity contribution in [1.82, 2.24) is 24.6 Å². The number of ether oxygens (including phenoxy) is 1. The first-order chi connectivity index (χ1) is 12.6. The molecule has 1 aromatic carbocycles. The van der Waals surface area contributed by atoms with E-state index >= 15 is 0 Å². The largest absolute Gasteiger partial charge is 0.376 e. The molecule has 8 nitrogen and oxygen atoms in total. The molecule has 4 rings (SSSR count). The van der Waals surface area contributed by atoms with E-state index in [1.165, 1.54) is 15.6 Å². The summed E-state index contributed by atoms with van der Waals surface area (Å²) >= 11 is 0. The first kappa shape index (κ1) is 16.5. The van der Waals surface area contributed by atoms with Gasteiger partial charge in [0.15, 0.2) is 11.2 Å². The summed E-state index contributed by atoms with van der Waals surface area (Å²) in [4.78, 5) is 29.6. The van der Waals surface area contributed by atoms with E-state index in [2.05, 4.69) is 15.4 Å². The van der Waals surface area contributed by atoms with Crippen LogP contribution in [-0.4, -0.2) is 44.5 Å². The van der Waals surface area contributed by atoms with Crippen LogP contribution in [-0.2, 0) is 11.8 Å². The number of fused-ring (bicyclic) bond motifs is 1. The van der Waals surface area contributed by atoms with Gasteiger partial charge >= 0.3 is 0 Å². The van der Waals surface area contributed by atoms with Crippen LogP contribution >= 0.6 is 0 Å². The Balaban J connectivity index is 1.76. The van der Waals surface area contributed by atoms with Crippen molar-refractivity contribution in [2.24, 2.45) is 7.05 Å². The average Bonchev–Trinajstić information content (AvgIpc) is 3.31. The first-order valence-electron chi connectivity index (χ1n) is 8.55. The number of para-hydroxylation sites is 1. The van der Waals surface area contributed by atoms with Crippen LogP contribution in [0.3, 0.4) is 0 Å². The third kappa shape index (κ3) is 2.88. The molecule has 0 bridgehead atoms. The topological polar surface area (TPSA) is 91.0 Å². The fraction of sp³-hybridized carbons (Fsp3) is 0.333. The van der Waals surface area contributed by atoms with E-state index in [-0.39, 0.29) is 28.8 Å². The molecule has 1 fully saturated rings. The van der Waals surface area contributed by atoms with Gasteiger partial charge in [0.25, 0.3) is 11.5 Å². The van der Waals surface area contributed by atoms with Crippen LogP contribution in [0.15, 0.2) is 41.5 Å². The van der Waals surface area contributed by atoms with Gasteiger partial charge in [0.2, 0.25) is 0 Å². The second kappa shape index (κ2) is 6.72. The molecule has 0 unspecified atom stereocenters. The van der Waals surface area contributed by atoms with Gasteiger partial charge in [-0.25, -0.2) is 9.67 Å². The number of benzene rings is 1. The van der Waals surface area contributed by atoms with Crippen molar-refractivity contribution in [2.75, 3.05) is 13.2 Å². The highest BCUT2D eigenvalue weighted by atomic mass is 16.5. The van der Waals surface area contributed by atoms with Crippen molar-refractivity contribution in [2.45, 2.75) is 18.9 Å². The van der Waals surface area contributed by atoms with Crippen LogP contribution in [0.4, 0.5) is 0 Å². The summed E-state index contributed by atoms with van der Waals surface area (Å²) in [6.07, 6.45) is 3.36. The number of rotatable bonds is 4. The molecular formula is C18H19N5O3. The van der Waals surface area contributed by atoms with Crippen molar-refractivity contribution < 1.29 is 9.53 Å². The van der Waals surface area contributed by atoms with Gasteiger partial charge in [-0.15, -0.1) is 0 Å². The Kier molecular flexibility index (Phi) is 4.26. The zero-order valence-electron chi connectivity index (χ0n) is 14.4. The molecule has 1 aliphatic rings. The second-order valence-corrected chi connectivity index (χ2v) is 6.30. The Bertz CT molecular complexity index is 1000. The number of carbonyl (C=O) groups excluding carboxylic acids is 1. The van der Waals surface area contributed by atoms with Gasteiger partial charge in [-0.3, -0.25) is 9.59 Å². The van der Waals surface area contributed by atoms with Crippen LogP contribution in [0.2, 0.25) is 0 Å². The number of hydrogen-bond donors (Lipinski definition) is 1. The van der Waals surface area contributed by atoms with Crippen molar-refractivity contribution >= 4 is 16.9 Å². The summed E-state index contributed by atoms with van der Waals surface area (Å²) < 4.78 is 8.38. The van der Waals surface area contributed by atoms with Crippen molar-refractivity contribution in [3.8, 4) is 5.69 Å². The maximum atomic E-state index is 12.7. The minimum Gasteiger partial charge on any atom is -0.376 e. The number of hydrogen-bond acceptors (Lipinski definition) is 5. The Morgan fingerprint density at radius 3 is 2.88 bits per heavy atom. The molecule has 134 valence electrons. The van der Waals surface area contributed by atoms with Crippen LogP contribution in [0.25, 0.3) is 16.7 Å². The van der Waals surface area contributed by atoms with E-state index in [4.69, 9.17) is 4.74 Å². The quantitative estimate of drug-likeness (QED) is 0.756. The minimum atomic E-state index is -0.360. The zero-order valence-corrected chi connectivity index (χ0v) is 14.4. The van der Waals surface area contributed by atoms with Crippen molar-refractivity contribution in [3.63, 3.8) is 0 Å². The zero-order chi connectivity index (χ0) is 18.1. The minimum absolute atomic E-state index is 0.0299. The number of amides is 1. The van der Waals surface area contributed by atoms with Crippen molar-refractivity contribution in [3.05, 3.63) is 52.7 Å². The predicted molar refractivity (Wildman–Crippen MR) is 95.4 cm³/mol. The third-order valence-corrected chi connectivity index (χ3v) is 4.47. The third-order valence-electron chi connectivity index (χ3n) is 4.47. The Morgan fingerprint density at radius 2 is 2.15 bits per heavy atom. The van der Waals surface area contributed by atoms with E-state index in [1.54, 1.807) is 7.05 Å². The number of nitrogens with zero attached hydrogens (tertiary/aromatic N) is 4. The molecule has 1 atom stereocenters. The fourth-order valence-corrected chi connectivity index (χ4v) is 3.09. The molecule has 0 saturated carbocycles. The summed E-state index contributed by atoms with van der Waals surface area (Å²) in [5.74, 6) is -0.360. The summed E-state index contributed by atoms with van der Waals surface area (Å²) in [5, 5.41) is 7.24. The predicted octanol–water partition coefficient (Wildman–Crippen LogP) is 1.03. The molecule has 0 spiro atoms. The molecule has 3 heterocycles. The van der Waals surface area contributed by atoms with E-state index in [0.29, 0.717) is 17.7 Å². The lowest BCUT2D eigenvalue weighted by Gasteiger charge is -2.09. The molecule has 1 aliphatic heterocycles. The lowest BCUT2D eigenvalue weighted by atomic mass is 10.2. The first-order valence-corrected chi connectivity index (χ1v) is 8.55. The standard InChI is InChI=1S/C18H19N5O3/c1-22-11-20-14-15(17(24)19-10-13-8-5-9-26-13)21-23(16(14)18(22)25)12-6-3-2-4-7-12/h2-4,6-7,11,13H,5,8-10H2,1H3,(H,19,24)/t13-/m0/s1. The summed E-state index contributed by atoms with van der Waals surface area (Å²) in [7, 11) is 1.62. The molecule has 1 N–H and O–H groups in total. The van der Waals surface area contributed by atoms with Crippen LogP contribution < -0.4 is 10.9 Å². The summed E-state index contributed by atoms with van der Waals surface area (Å²) in [6.45, 7) is 1.15. The smallest absolute Gasteiger partial charge is 0.279 e. The highest BCUT2D eigenvalue weighted by Gasteiger charge is 2.23. The van der Waals surface area contributed by atoms with Crippen LogP contribution in [0.5, 0.6) is 0 Å². The van der Waals surface area contributed by atoms with Gasteiger partial charge in [0, 0.05) is 20.2 Å². The van der Waals surface area contributed by atoms with E-state index in [1.807, 2.05) is 30.3 Å². The van der Waals surface area contributed by atoms with Gasteiger partial charge in [0.1, 0.15) is 5.52 Å². The molecule has 0 radical (unpaired) electrons. The van der Waals surface area contributed by atoms with Crippen LogP contribution in [0.1, 0.15) is 23.3 Å². The molecule has 8 heteroatoms. The monoisotopic (exact) mass is 353 g/mol. The normalized spacial score (nSPS) is 16.9. The molecule has 2 aromatic heterocycles. The average molecular weight is 353 g/mol. The molecule has 26 heavy (non-hydrogen) atoms. The number of aromatic nitrogens is 4. The number of aryl methyl sites for hydroxylation is 1. The molecular weight excluding hydrogens is 334 g/mol. The van der Waals surface area contributed by atoms with Gasteiger partial charge in [-0.2, -0.15) is 5.10 Å². The van der Waals surface area contributed by atoms with E-state index in [0.717, 1.165) is 19.4 Å². The van der Waals surface area contributed by atoms with Gasteiger partial charge in [-0.05, 0) is 25.0 Å². The number of nitrogens with one attached hydrogen (secondary N) is 1. The lowest BCUT2D eigenvalue weighted by molar-refractivity contribution is 0.0854. The van der Waals surface area contributed by atoms with Crippen LogP contribution in [0, 0.1) is 0 Å². The van der Waals surface area contributed by atoms with Crippen molar-refractivity contribution in [1.29, 1.82) is 0 Å². The molecule has 3 aromatic rings. The van der Waals surface area contributed by atoms with E-state index in [9.17, 15) is 9.59 Å². The van der Waals surface area contributed by atoms with Gasteiger partial charge in [0.05, 0.1) is 18.1 Å². The molecule has 1 saturated heterocycles.